The van der Waals surface area contributed by atoms with Crippen molar-refractivity contribution in [1.82, 2.24) is 15.0 Å². The predicted octanol–water partition coefficient (Wildman–Crippen LogP) is 5.06. The highest BCUT2D eigenvalue weighted by molar-refractivity contribution is 6.03. The highest BCUT2D eigenvalue weighted by Gasteiger charge is 2.35. The second kappa shape index (κ2) is 8.14. The Balaban J connectivity index is 1.39. The Labute approximate surface area is 199 Å². The van der Waals surface area contributed by atoms with Crippen molar-refractivity contribution < 1.29 is 18.0 Å². The SMILES string of the molecule is CNc1ncc(-c2nc3cc(N4CCCC(F)(F)C4)ccc3o2)c2cc(NC(=O)C3CC3)ncc12. The van der Waals surface area contributed by atoms with Crippen LogP contribution in [0.1, 0.15) is 25.7 Å². The maximum atomic E-state index is 13.9. The lowest BCUT2D eigenvalue weighted by molar-refractivity contribution is -0.117. The van der Waals surface area contributed by atoms with Crippen molar-refractivity contribution in [2.24, 2.45) is 5.92 Å². The number of benzene rings is 1. The number of hydrogen-bond acceptors (Lipinski definition) is 7. The van der Waals surface area contributed by atoms with E-state index in [0.717, 1.165) is 23.6 Å². The third kappa shape index (κ3) is 4.13. The Bertz CT molecular complexity index is 1450. The second-order valence-corrected chi connectivity index (χ2v) is 9.20. The van der Waals surface area contributed by atoms with Crippen LogP contribution in [0.25, 0.3) is 33.3 Å². The van der Waals surface area contributed by atoms with Gasteiger partial charge in [-0.15, -0.1) is 0 Å². The molecule has 0 atom stereocenters. The molecule has 2 aliphatic rings. The van der Waals surface area contributed by atoms with Crippen molar-refractivity contribution in [2.45, 2.75) is 31.6 Å². The number of nitrogens with zero attached hydrogens (tertiary/aromatic N) is 4. The van der Waals surface area contributed by atoms with E-state index >= 15 is 0 Å². The van der Waals surface area contributed by atoms with E-state index in [9.17, 15) is 13.6 Å². The third-order valence-electron chi connectivity index (χ3n) is 6.57. The van der Waals surface area contributed by atoms with E-state index in [2.05, 4.69) is 25.6 Å². The van der Waals surface area contributed by atoms with Crippen molar-refractivity contribution in [2.75, 3.05) is 35.7 Å². The van der Waals surface area contributed by atoms with Crippen molar-refractivity contribution >= 4 is 45.1 Å². The molecule has 8 nitrogen and oxygen atoms in total. The van der Waals surface area contributed by atoms with Gasteiger partial charge in [0.1, 0.15) is 17.2 Å². The zero-order valence-electron chi connectivity index (χ0n) is 19.1. The monoisotopic (exact) mass is 478 g/mol. The van der Waals surface area contributed by atoms with Gasteiger partial charge in [0.05, 0.1) is 12.1 Å². The summed E-state index contributed by atoms with van der Waals surface area (Å²) in [5.74, 6) is -1.22. The van der Waals surface area contributed by atoms with Crippen LogP contribution >= 0.6 is 0 Å². The van der Waals surface area contributed by atoms with E-state index in [1.165, 1.54) is 0 Å². The van der Waals surface area contributed by atoms with Gasteiger partial charge in [0, 0.05) is 54.8 Å². The molecule has 2 fully saturated rings. The number of carbonyl (C=O) groups is 1. The first-order chi connectivity index (χ1) is 16.9. The Morgan fingerprint density at radius 1 is 1.17 bits per heavy atom. The maximum absolute atomic E-state index is 13.9. The normalized spacial score (nSPS) is 17.6. The van der Waals surface area contributed by atoms with Crippen LogP contribution in [0.3, 0.4) is 0 Å². The predicted molar refractivity (Wildman–Crippen MR) is 130 cm³/mol. The number of hydrogen-bond donors (Lipinski definition) is 2. The third-order valence-corrected chi connectivity index (χ3v) is 6.57. The molecule has 1 amide bonds. The zero-order valence-corrected chi connectivity index (χ0v) is 19.1. The fourth-order valence-electron chi connectivity index (χ4n) is 4.56. The molecule has 1 saturated heterocycles. The summed E-state index contributed by atoms with van der Waals surface area (Å²) in [6.45, 7) is 0.278. The molecule has 0 unspecified atom stereocenters. The van der Waals surface area contributed by atoms with Gasteiger partial charge in [-0.2, -0.15) is 0 Å². The summed E-state index contributed by atoms with van der Waals surface area (Å²) in [4.78, 5) is 27.5. The summed E-state index contributed by atoms with van der Waals surface area (Å²) in [6.07, 6.45) is 5.49. The average molecular weight is 479 g/mol. The van der Waals surface area contributed by atoms with E-state index in [0.29, 0.717) is 52.8 Å². The number of alkyl halides is 2. The number of aromatic nitrogens is 3. The highest BCUT2D eigenvalue weighted by Crippen LogP contribution is 2.36. The van der Waals surface area contributed by atoms with E-state index in [1.807, 2.05) is 0 Å². The van der Waals surface area contributed by atoms with E-state index in [1.54, 1.807) is 48.6 Å². The number of nitrogens with one attached hydrogen (secondary N) is 2. The number of pyridine rings is 2. The Morgan fingerprint density at radius 3 is 2.80 bits per heavy atom. The molecule has 1 aromatic carbocycles. The topological polar surface area (TPSA) is 96.2 Å². The van der Waals surface area contributed by atoms with Crippen LogP contribution in [-0.4, -0.2) is 46.9 Å². The molecule has 0 radical (unpaired) electrons. The summed E-state index contributed by atoms with van der Waals surface area (Å²) in [7, 11) is 1.77. The minimum atomic E-state index is -2.69. The molecule has 1 aliphatic heterocycles. The van der Waals surface area contributed by atoms with Crippen LogP contribution < -0.4 is 15.5 Å². The van der Waals surface area contributed by atoms with Gasteiger partial charge in [-0.1, -0.05) is 0 Å². The van der Waals surface area contributed by atoms with Gasteiger partial charge in [-0.3, -0.25) is 4.79 Å². The van der Waals surface area contributed by atoms with Crippen molar-refractivity contribution in [3.05, 3.63) is 36.7 Å². The van der Waals surface area contributed by atoms with Gasteiger partial charge in [0.15, 0.2) is 5.58 Å². The molecule has 1 saturated carbocycles. The molecular weight excluding hydrogens is 454 g/mol. The Morgan fingerprint density at radius 2 is 2.03 bits per heavy atom. The number of fused-ring (bicyclic) bond motifs is 2. The van der Waals surface area contributed by atoms with Gasteiger partial charge < -0.3 is 20.0 Å². The molecule has 4 aromatic rings. The van der Waals surface area contributed by atoms with Crippen LogP contribution in [0, 0.1) is 5.92 Å². The maximum Gasteiger partial charge on any atom is 0.265 e. The van der Waals surface area contributed by atoms with Gasteiger partial charge >= 0.3 is 0 Å². The molecule has 2 N–H and O–H groups in total. The first kappa shape index (κ1) is 21.7. The fourth-order valence-corrected chi connectivity index (χ4v) is 4.56. The Kier molecular flexibility index (Phi) is 5.05. The van der Waals surface area contributed by atoms with Crippen molar-refractivity contribution in [3.63, 3.8) is 0 Å². The van der Waals surface area contributed by atoms with Crippen LogP contribution in [0.5, 0.6) is 0 Å². The molecule has 0 spiro atoms. The van der Waals surface area contributed by atoms with Gasteiger partial charge in [0.2, 0.25) is 11.8 Å². The Hall–Kier alpha value is -3.82. The lowest BCUT2D eigenvalue weighted by Crippen LogP contribution is -2.42. The quantitative estimate of drug-likeness (QED) is 0.414. The number of halogens is 2. The van der Waals surface area contributed by atoms with E-state index in [-0.39, 0.29) is 24.8 Å². The van der Waals surface area contributed by atoms with E-state index < -0.39 is 5.92 Å². The largest absolute Gasteiger partial charge is 0.436 e. The van der Waals surface area contributed by atoms with Crippen molar-refractivity contribution in [3.8, 4) is 11.5 Å². The molecule has 35 heavy (non-hydrogen) atoms. The van der Waals surface area contributed by atoms with Crippen LogP contribution in [0.4, 0.5) is 26.1 Å². The molecule has 180 valence electrons. The first-order valence-electron chi connectivity index (χ1n) is 11.7. The van der Waals surface area contributed by atoms with Gasteiger partial charge in [0.25, 0.3) is 5.92 Å². The molecule has 4 heterocycles. The summed E-state index contributed by atoms with van der Waals surface area (Å²) < 4.78 is 33.9. The lowest BCUT2D eigenvalue weighted by Gasteiger charge is -2.34. The molecule has 1 aliphatic carbocycles. The van der Waals surface area contributed by atoms with E-state index in [4.69, 9.17) is 4.42 Å². The van der Waals surface area contributed by atoms with Crippen LogP contribution in [-0.2, 0) is 4.79 Å². The number of carbonyl (C=O) groups excluding carboxylic acids is 1. The molecular formula is C25H24F2N6O2. The van der Waals surface area contributed by atoms with Crippen LogP contribution in [0.15, 0.2) is 41.1 Å². The summed E-state index contributed by atoms with van der Waals surface area (Å²) in [5, 5.41) is 7.47. The lowest BCUT2D eigenvalue weighted by atomic mass is 10.1. The second-order valence-electron chi connectivity index (χ2n) is 9.20. The van der Waals surface area contributed by atoms with Crippen LogP contribution in [0.2, 0.25) is 0 Å². The molecule has 0 bridgehead atoms. The smallest absolute Gasteiger partial charge is 0.265 e. The molecule has 6 rings (SSSR count). The number of piperidine rings is 1. The fraction of sp³-hybridized carbons (Fsp3) is 0.360. The highest BCUT2D eigenvalue weighted by atomic mass is 19.3. The zero-order chi connectivity index (χ0) is 24.2. The molecule has 3 aromatic heterocycles. The number of anilines is 3. The standard InChI is InChI=1S/C25H24F2N6O2/c1-28-22-17-11-29-21(32-23(34)14-3-4-14)10-16(17)18(12-30-22)24-31-19-9-15(5-6-20(19)35-24)33-8-2-7-25(26,27)13-33/h5-6,9-12,14H,2-4,7-8,13H2,1H3,(H,28,30)(H,29,32,34). The summed E-state index contributed by atoms with van der Waals surface area (Å²) in [5.41, 5.74) is 2.47. The van der Waals surface area contributed by atoms with Crippen molar-refractivity contribution in [1.29, 1.82) is 0 Å². The summed E-state index contributed by atoms with van der Waals surface area (Å²) >= 11 is 0. The molecule has 10 heteroatoms. The van der Waals surface area contributed by atoms with Gasteiger partial charge in [-0.25, -0.2) is 23.7 Å². The average Bonchev–Trinajstić information content (AvgIpc) is 3.61. The van der Waals surface area contributed by atoms with Gasteiger partial charge in [-0.05, 0) is 43.5 Å². The number of oxazole rings is 1. The summed E-state index contributed by atoms with van der Waals surface area (Å²) in [6, 6.07) is 7.12. The number of rotatable bonds is 5. The minimum Gasteiger partial charge on any atom is -0.436 e. The minimum absolute atomic E-state index is 0.0287. The number of amides is 1. The first-order valence-corrected chi connectivity index (χ1v) is 11.7.